The van der Waals surface area contributed by atoms with Gasteiger partial charge in [-0.1, -0.05) is 6.07 Å². The third kappa shape index (κ3) is 5.35. The number of aromatic nitrogens is 1. The van der Waals surface area contributed by atoms with Crippen LogP contribution in [0.25, 0.3) is 10.9 Å². The molecule has 1 aliphatic rings. The second-order valence-corrected chi connectivity index (χ2v) is 7.70. The number of ether oxygens (including phenoxy) is 1. The van der Waals surface area contributed by atoms with Crippen molar-refractivity contribution < 1.29 is 22.7 Å². The SMILES string of the molecule is Cc1cc(Nc2cccc(C(F)(F)F)c2)nc2ccc(NC(=O)CN3CCOCC3)cc12. The van der Waals surface area contributed by atoms with Crippen molar-refractivity contribution in [2.75, 3.05) is 43.5 Å². The molecule has 1 aromatic heterocycles. The maximum Gasteiger partial charge on any atom is 0.416 e. The monoisotopic (exact) mass is 444 g/mol. The summed E-state index contributed by atoms with van der Waals surface area (Å²) in [5.74, 6) is 0.345. The molecule has 168 valence electrons. The van der Waals surface area contributed by atoms with Crippen LogP contribution < -0.4 is 10.6 Å². The molecule has 0 atom stereocenters. The Labute approximate surface area is 183 Å². The zero-order valence-corrected chi connectivity index (χ0v) is 17.5. The number of alkyl halides is 3. The number of hydrogen-bond donors (Lipinski definition) is 2. The van der Waals surface area contributed by atoms with Gasteiger partial charge in [0.05, 0.1) is 30.8 Å². The number of nitrogens with one attached hydrogen (secondary N) is 2. The lowest BCUT2D eigenvalue weighted by molar-refractivity contribution is -0.137. The highest BCUT2D eigenvalue weighted by Crippen LogP contribution is 2.32. The van der Waals surface area contributed by atoms with Crippen molar-refractivity contribution in [2.24, 2.45) is 0 Å². The van der Waals surface area contributed by atoms with Crippen LogP contribution in [0.5, 0.6) is 0 Å². The van der Waals surface area contributed by atoms with Gasteiger partial charge in [0.2, 0.25) is 5.91 Å². The number of benzene rings is 2. The Kier molecular flexibility index (Phi) is 6.29. The van der Waals surface area contributed by atoms with Gasteiger partial charge >= 0.3 is 6.18 Å². The second-order valence-electron chi connectivity index (χ2n) is 7.70. The van der Waals surface area contributed by atoms with Crippen LogP contribution in [0.15, 0.2) is 48.5 Å². The van der Waals surface area contributed by atoms with E-state index in [4.69, 9.17) is 4.74 Å². The topological polar surface area (TPSA) is 66.5 Å². The summed E-state index contributed by atoms with van der Waals surface area (Å²) in [6, 6.07) is 12.1. The molecule has 0 spiro atoms. The van der Waals surface area contributed by atoms with Crippen molar-refractivity contribution in [1.82, 2.24) is 9.88 Å². The van der Waals surface area contributed by atoms with E-state index in [-0.39, 0.29) is 5.91 Å². The van der Waals surface area contributed by atoms with Gasteiger partial charge in [0.25, 0.3) is 0 Å². The van der Waals surface area contributed by atoms with Crippen molar-refractivity contribution in [3.8, 4) is 0 Å². The number of rotatable bonds is 5. The summed E-state index contributed by atoms with van der Waals surface area (Å²) in [5.41, 5.74) is 1.80. The Hall–Kier alpha value is -3.17. The van der Waals surface area contributed by atoms with Crippen LogP contribution in [0, 0.1) is 6.92 Å². The average molecular weight is 444 g/mol. The molecule has 0 bridgehead atoms. The number of hydrogen-bond acceptors (Lipinski definition) is 5. The molecular formula is C23H23F3N4O2. The van der Waals surface area contributed by atoms with Crippen molar-refractivity contribution in [3.05, 3.63) is 59.7 Å². The fourth-order valence-corrected chi connectivity index (χ4v) is 3.62. The van der Waals surface area contributed by atoms with E-state index in [0.29, 0.717) is 42.5 Å². The standard InChI is InChI=1S/C23H23F3N4O2/c1-15-11-21(27-17-4-2-3-16(12-17)23(24,25)26)29-20-6-5-18(13-19(15)20)28-22(31)14-30-7-9-32-10-8-30/h2-6,11-13H,7-10,14H2,1H3,(H,27,29)(H,28,31). The Morgan fingerprint density at radius 1 is 1.09 bits per heavy atom. The second kappa shape index (κ2) is 9.13. The first kappa shape index (κ1) is 22.0. The fraction of sp³-hybridized carbons (Fsp3) is 0.304. The third-order valence-corrected chi connectivity index (χ3v) is 5.23. The molecule has 0 aliphatic carbocycles. The smallest absolute Gasteiger partial charge is 0.379 e. The summed E-state index contributed by atoms with van der Waals surface area (Å²) in [6.45, 7) is 4.92. The zero-order chi connectivity index (χ0) is 22.7. The molecule has 0 saturated carbocycles. The normalized spacial score (nSPS) is 15.0. The fourth-order valence-electron chi connectivity index (χ4n) is 3.62. The first-order valence-electron chi connectivity index (χ1n) is 10.2. The highest BCUT2D eigenvalue weighted by molar-refractivity contribution is 5.95. The Morgan fingerprint density at radius 2 is 1.88 bits per heavy atom. The van der Waals surface area contributed by atoms with Gasteiger partial charge in [0.1, 0.15) is 5.82 Å². The van der Waals surface area contributed by atoms with E-state index in [1.54, 1.807) is 24.3 Å². The van der Waals surface area contributed by atoms with Crippen LogP contribution in [0.2, 0.25) is 0 Å². The average Bonchev–Trinajstić information content (AvgIpc) is 2.74. The van der Waals surface area contributed by atoms with E-state index in [2.05, 4.69) is 15.6 Å². The molecule has 2 heterocycles. The zero-order valence-electron chi connectivity index (χ0n) is 17.5. The van der Waals surface area contributed by atoms with Crippen molar-refractivity contribution >= 4 is 34.0 Å². The van der Waals surface area contributed by atoms with Crippen LogP contribution in [0.3, 0.4) is 0 Å². The van der Waals surface area contributed by atoms with Crippen LogP contribution in [-0.4, -0.2) is 48.6 Å². The summed E-state index contributed by atoms with van der Waals surface area (Å²) in [6.07, 6.45) is -4.41. The number of carbonyl (C=O) groups is 1. The molecule has 3 aromatic rings. The first-order valence-corrected chi connectivity index (χ1v) is 10.2. The molecule has 1 aliphatic heterocycles. The van der Waals surface area contributed by atoms with E-state index in [1.807, 2.05) is 17.9 Å². The number of nitrogens with zero attached hydrogens (tertiary/aromatic N) is 2. The molecule has 9 heteroatoms. The van der Waals surface area contributed by atoms with E-state index < -0.39 is 11.7 Å². The Morgan fingerprint density at radius 3 is 2.62 bits per heavy atom. The maximum atomic E-state index is 13.0. The molecule has 0 unspecified atom stereocenters. The summed E-state index contributed by atoms with van der Waals surface area (Å²) in [7, 11) is 0. The number of anilines is 3. The van der Waals surface area contributed by atoms with Gasteiger partial charge in [0.15, 0.2) is 0 Å². The van der Waals surface area contributed by atoms with E-state index in [1.165, 1.54) is 6.07 Å². The molecule has 1 fully saturated rings. The molecule has 0 radical (unpaired) electrons. The Balaban J connectivity index is 1.49. The number of fused-ring (bicyclic) bond motifs is 1. The van der Waals surface area contributed by atoms with Gasteiger partial charge in [-0.25, -0.2) is 4.98 Å². The molecule has 32 heavy (non-hydrogen) atoms. The third-order valence-electron chi connectivity index (χ3n) is 5.23. The van der Waals surface area contributed by atoms with Crippen LogP contribution in [0.1, 0.15) is 11.1 Å². The van der Waals surface area contributed by atoms with Crippen molar-refractivity contribution in [3.63, 3.8) is 0 Å². The molecule has 1 saturated heterocycles. The minimum Gasteiger partial charge on any atom is -0.379 e. The van der Waals surface area contributed by atoms with Crippen LogP contribution in [0.4, 0.5) is 30.4 Å². The number of amides is 1. The molecule has 4 rings (SSSR count). The molecule has 6 nitrogen and oxygen atoms in total. The van der Waals surface area contributed by atoms with Gasteiger partial charge < -0.3 is 15.4 Å². The Bertz CT molecular complexity index is 1130. The highest BCUT2D eigenvalue weighted by Gasteiger charge is 2.30. The van der Waals surface area contributed by atoms with Gasteiger partial charge in [-0.3, -0.25) is 9.69 Å². The largest absolute Gasteiger partial charge is 0.416 e. The van der Waals surface area contributed by atoms with E-state index in [0.717, 1.165) is 36.2 Å². The predicted molar refractivity (Wildman–Crippen MR) is 117 cm³/mol. The molecule has 2 aromatic carbocycles. The predicted octanol–water partition coefficient (Wildman–Crippen LogP) is 4.58. The van der Waals surface area contributed by atoms with Gasteiger partial charge in [-0.2, -0.15) is 13.2 Å². The number of halogens is 3. The van der Waals surface area contributed by atoms with E-state index >= 15 is 0 Å². The van der Waals surface area contributed by atoms with Crippen LogP contribution in [-0.2, 0) is 15.7 Å². The number of carbonyl (C=O) groups excluding carboxylic acids is 1. The lowest BCUT2D eigenvalue weighted by Gasteiger charge is -2.25. The number of pyridine rings is 1. The first-order chi connectivity index (χ1) is 15.3. The minimum atomic E-state index is -4.41. The minimum absolute atomic E-state index is 0.0975. The van der Waals surface area contributed by atoms with E-state index in [9.17, 15) is 18.0 Å². The van der Waals surface area contributed by atoms with Gasteiger partial charge in [0, 0.05) is 29.9 Å². The van der Waals surface area contributed by atoms with Gasteiger partial charge in [-0.15, -0.1) is 0 Å². The number of aryl methyl sites for hydroxylation is 1. The molecule has 2 N–H and O–H groups in total. The van der Waals surface area contributed by atoms with Crippen molar-refractivity contribution in [1.29, 1.82) is 0 Å². The summed E-state index contributed by atoms with van der Waals surface area (Å²) in [4.78, 5) is 18.9. The molecule has 1 amide bonds. The summed E-state index contributed by atoms with van der Waals surface area (Å²) >= 11 is 0. The quantitative estimate of drug-likeness (QED) is 0.603. The lowest BCUT2D eigenvalue weighted by Crippen LogP contribution is -2.41. The maximum absolute atomic E-state index is 13.0. The van der Waals surface area contributed by atoms with Crippen LogP contribution >= 0.6 is 0 Å². The summed E-state index contributed by atoms with van der Waals surface area (Å²) in [5, 5.41) is 6.71. The summed E-state index contributed by atoms with van der Waals surface area (Å²) < 4.78 is 44.2. The number of morpholine rings is 1. The van der Waals surface area contributed by atoms with Crippen molar-refractivity contribution in [2.45, 2.75) is 13.1 Å². The molecular weight excluding hydrogens is 421 g/mol. The lowest BCUT2D eigenvalue weighted by atomic mass is 10.1. The van der Waals surface area contributed by atoms with Gasteiger partial charge in [-0.05, 0) is 55.0 Å². The highest BCUT2D eigenvalue weighted by atomic mass is 19.4.